The van der Waals surface area contributed by atoms with Gasteiger partial charge in [-0.05, 0) is 73.2 Å². The number of fused-ring (bicyclic) bond motifs is 1. The first-order valence-electron chi connectivity index (χ1n) is 13.5. The van der Waals surface area contributed by atoms with Gasteiger partial charge in [-0.25, -0.2) is 13.2 Å². The number of carbonyl (C=O) groups is 1. The quantitative estimate of drug-likeness (QED) is 0.470. The van der Waals surface area contributed by atoms with Gasteiger partial charge in [-0.3, -0.25) is 4.90 Å². The smallest absolute Gasteiger partial charge is 0.354 e. The number of benzene rings is 2. The highest BCUT2D eigenvalue weighted by atomic mass is 32.2. The van der Waals surface area contributed by atoms with Gasteiger partial charge in [0.2, 0.25) is 0 Å². The lowest BCUT2D eigenvalue weighted by molar-refractivity contribution is -0.0554. The van der Waals surface area contributed by atoms with Crippen LogP contribution in [0.25, 0.3) is 11.1 Å². The zero-order chi connectivity index (χ0) is 27.9. The SMILES string of the molecule is COC(=O)c1ccc(S(=O)(=O)N2CCCCN3C(CO)C(c4ccc(-c5cccc(C)c5C)cc4)C3C2)n1C. The van der Waals surface area contributed by atoms with Crippen LogP contribution in [0.4, 0.5) is 0 Å². The number of ether oxygens (including phenoxy) is 1. The summed E-state index contributed by atoms with van der Waals surface area (Å²) in [6, 6.07) is 17.7. The maximum absolute atomic E-state index is 13.8. The van der Waals surface area contributed by atoms with Crippen LogP contribution in [0, 0.1) is 13.8 Å². The molecular weight excluding hydrogens is 514 g/mol. The predicted octanol–water partition coefficient (Wildman–Crippen LogP) is 3.71. The van der Waals surface area contributed by atoms with E-state index in [1.165, 1.54) is 40.5 Å². The molecule has 0 radical (unpaired) electrons. The summed E-state index contributed by atoms with van der Waals surface area (Å²) in [5, 5.41) is 10.4. The second-order valence-corrected chi connectivity index (χ2v) is 12.5. The van der Waals surface area contributed by atoms with Gasteiger partial charge >= 0.3 is 5.97 Å². The van der Waals surface area contributed by atoms with Crippen molar-refractivity contribution < 1.29 is 23.1 Å². The molecule has 2 fully saturated rings. The Balaban J connectivity index is 1.44. The number of esters is 1. The molecule has 208 valence electrons. The number of nitrogens with zero attached hydrogens (tertiary/aromatic N) is 3. The van der Waals surface area contributed by atoms with E-state index in [1.54, 1.807) is 11.4 Å². The molecule has 0 spiro atoms. The lowest BCUT2D eigenvalue weighted by Gasteiger charge is -2.57. The summed E-state index contributed by atoms with van der Waals surface area (Å²) in [7, 11) is -1.01. The molecule has 1 aromatic heterocycles. The molecule has 3 heterocycles. The summed E-state index contributed by atoms with van der Waals surface area (Å²) in [5.74, 6) is -0.565. The first kappa shape index (κ1) is 27.6. The molecule has 0 bridgehead atoms. The monoisotopic (exact) mass is 551 g/mol. The number of rotatable bonds is 6. The molecule has 3 unspecified atom stereocenters. The van der Waals surface area contributed by atoms with Gasteiger partial charge in [0, 0.05) is 38.1 Å². The van der Waals surface area contributed by atoms with Crippen LogP contribution in [0.2, 0.25) is 0 Å². The number of carbonyl (C=O) groups excluding carboxylic acids is 1. The molecule has 0 saturated carbocycles. The summed E-state index contributed by atoms with van der Waals surface area (Å²) in [6.07, 6.45) is 1.57. The first-order valence-corrected chi connectivity index (χ1v) is 14.9. The Morgan fingerprint density at radius 1 is 1.03 bits per heavy atom. The Hall–Kier alpha value is -2.98. The van der Waals surface area contributed by atoms with Crippen molar-refractivity contribution >= 4 is 16.0 Å². The number of hydrogen-bond donors (Lipinski definition) is 1. The van der Waals surface area contributed by atoms with E-state index in [9.17, 15) is 18.3 Å². The maximum Gasteiger partial charge on any atom is 0.354 e. The van der Waals surface area contributed by atoms with Crippen LogP contribution < -0.4 is 0 Å². The minimum absolute atomic E-state index is 0.0116. The number of methoxy groups -OCH3 is 1. The largest absolute Gasteiger partial charge is 0.464 e. The fourth-order valence-corrected chi connectivity index (χ4v) is 7.94. The van der Waals surface area contributed by atoms with E-state index in [4.69, 9.17) is 4.74 Å². The van der Waals surface area contributed by atoms with Crippen molar-refractivity contribution in [1.82, 2.24) is 13.8 Å². The van der Waals surface area contributed by atoms with Crippen LogP contribution in [0.3, 0.4) is 0 Å². The van der Waals surface area contributed by atoms with Crippen molar-refractivity contribution in [3.05, 3.63) is 77.0 Å². The van der Waals surface area contributed by atoms with Crippen LogP contribution in [0.1, 0.15) is 45.9 Å². The molecule has 2 aromatic carbocycles. The highest BCUT2D eigenvalue weighted by Crippen LogP contribution is 2.43. The Labute approximate surface area is 230 Å². The number of aliphatic hydroxyl groups excluding tert-OH is 1. The van der Waals surface area contributed by atoms with Crippen LogP contribution in [-0.2, 0) is 21.8 Å². The van der Waals surface area contributed by atoms with Crippen molar-refractivity contribution in [2.45, 2.75) is 49.7 Å². The van der Waals surface area contributed by atoms with Crippen LogP contribution in [0.5, 0.6) is 0 Å². The van der Waals surface area contributed by atoms with Crippen LogP contribution in [-0.4, -0.2) is 78.7 Å². The normalized spacial score (nSPS) is 22.4. The molecule has 8 nitrogen and oxygen atoms in total. The second-order valence-electron chi connectivity index (χ2n) is 10.6. The predicted molar refractivity (Wildman–Crippen MR) is 150 cm³/mol. The van der Waals surface area contributed by atoms with Gasteiger partial charge in [0.25, 0.3) is 10.0 Å². The molecule has 39 heavy (non-hydrogen) atoms. The minimum atomic E-state index is -3.86. The molecule has 2 aliphatic rings. The number of aliphatic hydroxyl groups is 1. The van der Waals surface area contributed by atoms with Gasteiger partial charge in [0.15, 0.2) is 5.03 Å². The molecule has 0 aliphatic carbocycles. The number of aryl methyl sites for hydroxylation is 1. The van der Waals surface area contributed by atoms with E-state index >= 15 is 0 Å². The maximum atomic E-state index is 13.8. The summed E-state index contributed by atoms with van der Waals surface area (Å²) in [6.45, 7) is 5.83. The third-order valence-corrected chi connectivity index (χ3v) is 10.6. The van der Waals surface area contributed by atoms with Gasteiger partial charge in [0.1, 0.15) is 5.69 Å². The second kappa shape index (κ2) is 10.9. The molecular formula is C30H37N3O5S. The topological polar surface area (TPSA) is 92.1 Å². The van der Waals surface area contributed by atoms with E-state index in [0.717, 1.165) is 30.5 Å². The summed E-state index contributed by atoms with van der Waals surface area (Å²) in [5.41, 5.74) is 6.14. The zero-order valence-corrected chi connectivity index (χ0v) is 23.8. The first-order chi connectivity index (χ1) is 18.7. The van der Waals surface area contributed by atoms with Gasteiger partial charge in [0.05, 0.1) is 13.7 Å². The average Bonchev–Trinajstić information content (AvgIpc) is 3.31. The highest BCUT2D eigenvalue weighted by Gasteiger charge is 2.50. The van der Waals surface area contributed by atoms with E-state index in [-0.39, 0.29) is 35.3 Å². The van der Waals surface area contributed by atoms with Gasteiger partial charge in [-0.1, -0.05) is 42.5 Å². The fourth-order valence-electron chi connectivity index (χ4n) is 6.27. The molecule has 5 rings (SSSR count). The summed E-state index contributed by atoms with van der Waals surface area (Å²) >= 11 is 0. The number of sulfonamides is 1. The third-order valence-electron chi connectivity index (χ3n) is 8.62. The molecule has 0 amide bonds. The van der Waals surface area contributed by atoms with Crippen LogP contribution >= 0.6 is 0 Å². The average molecular weight is 552 g/mol. The fraction of sp³-hybridized carbons (Fsp3) is 0.433. The number of hydrogen-bond acceptors (Lipinski definition) is 6. The molecule has 1 N–H and O–H groups in total. The Morgan fingerprint density at radius 3 is 2.44 bits per heavy atom. The lowest BCUT2D eigenvalue weighted by atomic mass is 9.74. The Kier molecular flexibility index (Phi) is 7.70. The van der Waals surface area contributed by atoms with E-state index < -0.39 is 16.0 Å². The van der Waals surface area contributed by atoms with Crippen LogP contribution in [0.15, 0.2) is 59.6 Å². The van der Waals surface area contributed by atoms with Gasteiger partial charge < -0.3 is 14.4 Å². The molecule has 2 aliphatic heterocycles. The van der Waals surface area contributed by atoms with Crippen molar-refractivity contribution in [2.75, 3.05) is 33.4 Å². The van der Waals surface area contributed by atoms with Crippen molar-refractivity contribution in [3.63, 3.8) is 0 Å². The minimum Gasteiger partial charge on any atom is -0.464 e. The molecule has 9 heteroatoms. The third kappa shape index (κ3) is 4.82. The van der Waals surface area contributed by atoms with Gasteiger partial charge in [-0.2, -0.15) is 4.31 Å². The molecule has 3 aromatic rings. The Bertz CT molecular complexity index is 1460. The van der Waals surface area contributed by atoms with Gasteiger partial charge in [-0.15, -0.1) is 0 Å². The molecule has 2 saturated heterocycles. The summed E-state index contributed by atoms with van der Waals surface area (Å²) in [4.78, 5) is 14.4. The van der Waals surface area contributed by atoms with Crippen molar-refractivity contribution in [3.8, 4) is 11.1 Å². The lowest BCUT2D eigenvalue weighted by Crippen LogP contribution is -2.67. The Morgan fingerprint density at radius 2 is 1.74 bits per heavy atom. The van der Waals surface area contributed by atoms with Crippen molar-refractivity contribution in [2.24, 2.45) is 7.05 Å². The summed E-state index contributed by atoms with van der Waals surface area (Å²) < 4.78 is 35.4. The van der Waals surface area contributed by atoms with Crippen molar-refractivity contribution in [1.29, 1.82) is 0 Å². The highest BCUT2D eigenvalue weighted by molar-refractivity contribution is 7.89. The van der Waals surface area contributed by atoms with E-state index in [1.807, 2.05) is 0 Å². The number of aromatic nitrogens is 1. The zero-order valence-electron chi connectivity index (χ0n) is 23.0. The van der Waals surface area contributed by atoms with E-state index in [0.29, 0.717) is 13.1 Å². The van der Waals surface area contributed by atoms with E-state index in [2.05, 4.69) is 61.2 Å². The molecule has 3 atom stereocenters. The standard InChI is InChI=1S/C30H37N3O5S/c1-20-8-7-9-24(21(20)2)22-10-12-23(13-11-22)29-26-18-32(16-5-6-17-33(26)27(29)19-34)39(36,37)28-15-14-25(31(28)3)30(35)38-4/h7-15,26-27,29,34H,5-6,16-19H2,1-4H3.